The second-order valence-corrected chi connectivity index (χ2v) is 4.57. The van der Waals surface area contributed by atoms with Crippen LogP contribution in [-0.4, -0.2) is 5.78 Å². The first kappa shape index (κ1) is 13.4. The quantitative estimate of drug-likeness (QED) is 0.853. The van der Waals surface area contributed by atoms with Crippen LogP contribution in [0.1, 0.15) is 28.9 Å². The fourth-order valence-corrected chi connectivity index (χ4v) is 2.03. The predicted octanol–water partition coefficient (Wildman–Crippen LogP) is 3.34. The van der Waals surface area contributed by atoms with Crippen molar-refractivity contribution in [2.45, 2.75) is 13.0 Å². The standard InChI is InChI=1S/C16H16FNO/c1-11(15(18)12-7-3-2-4-8-12)16(19)13-9-5-6-10-14(13)17/h2-11,15H,18H2,1H3. The maximum atomic E-state index is 13.6. The van der Waals surface area contributed by atoms with E-state index in [1.54, 1.807) is 19.1 Å². The molecule has 0 amide bonds. The van der Waals surface area contributed by atoms with Crippen LogP contribution in [-0.2, 0) is 0 Å². The van der Waals surface area contributed by atoms with Crippen molar-refractivity contribution in [2.75, 3.05) is 0 Å². The number of nitrogens with two attached hydrogens (primary N) is 1. The van der Waals surface area contributed by atoms with Gasteiger partial charge in [-0.1, -0.05) is 49.4 Å². The van der Waals surface area contributed by atoms with E-state index in [1.165, 1.54) is 12.1 Å². The molecule has 0 heterocycles. The summed E-state index contributed by atoms with van der Waals surface area (Å²) >= 11 is 0. The molecule has 0 aliphatic rings. The second-order valence-electron chi connectivity index (χ2n) is 4.57. The molecule has 0 radical (unpaired) electrons. The summed E-state index contributed by atoms with van der Waals surface area (Å²) in [4.78, 5) is 12.3. The Morgan fingerprint density at radius 2 is 1.63 bits per heavy atom. The summed E-state index contributed by atoms with van der Waals surface area (Å²) in [6, 6.07) is 14.9. The van der Waals surface area contributed by atoms with Crippen molar-refractivity contribution in [1.82, 2.24) is 0 Å². The highest BCUT2D eigenvalue weighted by Gasteiger charge is 2.24. The van der Waals surface area contributed by atoms with E-state index in [0.29, 0.717) is 0 Å². The third-order valence-electron chi connectivity index (χ3n) is 3.28. The Morgan fingerprint density at radius 3 is 2.26 bits per heavy atom. The van der Waals surface area contributed by atoms with Gasteiger partial charge >= 0.3 is 0 Å². The first-order chi connectivity index (χ1) is 9.11. The molecule has 0 saturated heterocycles. The zero-order valence-corrected chi connectivity index (χ0v) is 10.7. The van der Waals surface area contributed by atoms with E-state index in [2.05, 4.69) is 0 Å². The average molecular weight is 257 g/mol. The van der Waals surface area contributed by atoms with Gasteiger partial charge in [-0.05, 0) is 17.7 Å². The highest BCUT2D eigenvalue weighted by Crippen LogP contribution is 2.23. The maximum Gasteiger partial charge on any atom is 0.170 e. The summed E-state index contributed by atoms with van der Waals surface area (Å²) in [5, 5.41) is 0. The van der Waals surface area contributed by atoms with E-state index in [4.69, 9.17) is 5.73 Å². The molecule has 98 valence electrons. The van der Waals surface area contributed by atoms with Crippen molar-refractivity contribution in [2.24, 2.45) is 11.7 Å². The van der Waals surface area contributed by atoms with Gasteiger partial charge in [0, 0.05) is 12.0 Å². The van der Waals surface area contributed by atoms with E-state index >= 15 is 0 Å². The second kappa shape index (κ2) is 5.76. The summed E-state index contributed by atoms with van der Waals surface area (Å²) in [5.74, 6) is -1.24. The molecule has 2 nitrogen and oxygen atoms in total. The molecule has 0 bridgehead atoms. The zero-order chi connectivity index (χ0) is 13.8. The molecule has 0 spiro atoms. The Balaban J connectivity index is 2.23. The van der Waals surface area contributed by atoms with E-state index in [0.717, 1.165) is 5.56 Å². The topological polar surface area (TPSA) is 43.1 Å². The molecule has 0 aliphatic heterocycles. The molecule has 0 aliphatic carbocycles. The van der Waals surface area contributed by atoms with Gasteiger partial charge in [0.1, 0.15) is 5.82 Å². The van der Waals surface area contributed by atoms with Crippen molar-refractivity contribution >= 4 is 5.78 Å². The Hall–Kier alpha value is -2.00. The van der Waals surface area contributed by atoms with Crippen LogP contribution in [0.2, 0.25) is 0 Å². The number of benzene rings is 2. The number of hydrogen-bond acceptors (Lipinski definition) is 2. The van der Waals surface area contributed by atoms with E-state index in [1.807, 2.05) is 30.3 Å². The monoisotopic (exact) mass is 257 g/mol. The molecular formula is C16H16FNO. The molecule has 2 N–H and O–H groups in total. The SMILES string of the molecule is CC(C(=O)c1ccccc1F)C(N)c1ccccc1. The minimum Gasteiger partial charge on any atom is -0.323 e. The van der Waals surface area contributed by atoms with Gasteiger partial charge in [0.25, 0.3) is 0 Å². The third kappa shape index (κ3) is 2.88. The largest absolute Gasteiger partial charge is 0.323 e. The average Bonchev–Trinajstić information content (AvgIpc) is 2.46. The summed E-state index contributed by atoms with van der Waals surface area (Å²) < 4.78 is 13.6. The van der Waals surface area contributed by atoms with Crippen LogP contribution in [0.15, 0.2) is 54.6 Å². The molecule has 2 aromatic rings. The van der Waals surface area contributed by atoms with E-state index in [9.17, 15) is 9.18 Å². The molecule has 3 heteroatoms. The van der Waals surface area contributed by atoms with Crippen LogP contribution in [0.4, 0.5) is 4.39 Å². The van der Waals surface area contributed by atoms with Crippen molar-refractivity contribution in [3.63, 3.8) is 0 Å². The maximum absolute atomic E-state index is 13.6. The number of ketones is 1. The lowest BCUT2D eigenvalue weighted by molar-refractivity contribution is 0.0908. The number of halogens is 1. The molecule has 2 rings (SSSR count). The lowest BCUT2D eigenvalue weighted by atomic mass is 9.88. The predicted molar refractivity (Wildman–Crippen MR) is 73.3 cm³/mol. The number of carbonyl (C=O) groups is 1. The molecule has 2 aromatic carbocycles. The van der Waals surface area contributed by atoms with Gasteiger partial charge in [-0.3, -0.25) is 4.79 Å². The zero-order valence-electron chi connectivity index (χ0n) is 10.7. The van der Waals surface area contributed by atoms with E-state index in [-0.39, 0.29) is 11.3 Å². The number of carbonyl (C=O) groups excluding carboxylic acids is 1. The molecule has 2 atom stereocenters. The van der Waals surface area contributed by atoms with Crippen molar-refractivity contribution < 1.29 is 9.18 Å². The Labute approximate surface area is 112 Å². The summed E-state index contributed by atoms with van der Waals surface area (Å²) in [5.41, 5.74) is 7.06. The van der Waals surface area contributed by atoms with Crippen LogP contribution < -0.4 is 5.73 Å². The van der Waals surface area contributed by atoms with Gasteiger partial charge in [0.2, 0.25) is 0 Å². The molecule has 2 unspecified atom stereocenters. The highest BCUT2D eigenvalue weighted by molar-refractivity contribution is 5.98. The van der Waals surface area contributed by atoms with E-state index < -0.39 is 17.8 Å². The Bertz CT molecular complexity index is 568. The van der Waals surface area contributed by atoms with Crippen LogP contribution in [0.25, 0.3) is 0 Å². The molecule has 0 aromatic heterocycles. The molecule has 19 heavy (non-hydrogen) atoms. The van der Waals surface area contributed by atoms with Gasteiger partial charge in [-0.25, -0.2) is 4.39 Å². The van der Waals surface area contributed by atoms with Gasteiger partial charge in [-0.15, -0.1) is 0 Å². The smallest absolute Gasteiger partial charge is 0.170 e. The summed E-state index contributed by atoms with van der Waals surface area (Å²) in [6.45, 7) is 1.73. The van der Waals surface area contributed by atoms with Crippen molar-refractivity contribution in [3.05, 3.63) is 71.5 Å². The number of Topliss-reactive ketones (excluding diaryl/α,β-unsaturated/α-hetero) is 1. The third-order valence-corrected chi connectivity index (χ3v) is 3.28. The van der Waals surface area contributed by atoms with Gasteiger partial charge in [0.05, 0.1) is 5.56 Å². The normalized spacial score (nSPS) is 13.8. The molecular weight excluding hydrogens is 241 g/mol. The lowest BCUT2D eigenvalue weighted by Crippen LogP contribution is -2.26. The fraction of sp³-hybridized carbons (Fsp3) is 0.188. The van der Waals surface area contributed by atoms with Crippen LogP contribution in [0.3, 0.4) is 0 Å². The van der Waals surface area contributed by atoms with Crippen molar-refractivity contribution in [3.8, 4) is 0 Å². The minimum absolute atomic E-state index is 0.0985. The highest BCUT2D eigenvalue weighted by atomic mass is 19.1. The first-order valence-corrected chi connectivity index (χ1v) is 6.20. The summed E-state index contributed by atoms with van der Waals surface area (Å²) in [7, 11) is 0. The van der Waals surface area contributed by atoms with Gasteiger partial charge in [-0.2, -0.15) is 0 Å². The molecule has 0 fully saturated rings. The van der Waals surface area contributed by atoms with Crippen molar-refractivity contribution in [1.29, 1.82) is 0 Å². The first-order valence-electron chi connectivity index (χ1n) is 6.20. The van der Waals surface area contributed by atoms with Crippen LogP contribution in [0, 0.1) is 11.7 Å². The van der Waals surface area contributed by atoms with Crippen LogP contribution >= 0.6 is 0 Å². The Kier molecular flexibility index (Phi) is 4.07. The Morgan fingerprint density at radius 1 is 1.05 bits per heavy atom. The number of rotatable bonds is 4. The minimum atomic E-state index is -0.500. The molecule has 0 saturated carbocycles. The summed E-state index contributed by atoms with van der Waals surface area (Å²) in [6.07, 6.45) is 0. The number of hydrogen-bond donors (Lipinski definition) is 1. The van der Waals surface area contributed by atoms with Gasteiger partial charge in [0.15, 0.2) is 5.78 Å². The lowest BCUT2D eigenvalue weighted by Gasteiger charge is -2.19. The van der Waals surface area contributed by atoms with Crippen LogP contribution in [0.5, 0.6) is 0 Å². The van der Waals surface area contributed by atoms with Gasteiger partial charge < -0.3 is 5.73 Å². The fourth-order valence-electron chi connectivity index (χ4n) is 2.03.